The lowest BCUT2D eigenvalue weighted by Gasteiger charge is -2.09. The first kappa shape index (κ1) is 16.6. The van der Waals surface area contributed by atoms with Gasteiger partial charge in [0.05, 0.1) is 11.5 Å². The van der Waals surface area contributed by atoms with Crippen molar-refractivity contribution in [2.75, 3.05) is 20.3 Å². The number of benzene rings is 1. The van der Waals surface area contributed by atoms with E-state index in [1.165, 1.54) is 24.3 Å². The molecule has 7 nitrogen and oxygen atoms in total. The zero-order valence-corrected chi connectivity index (χ0v) is 11.7. The number of carboxylic acids is 1. The summed E-state index contributed by atoms with van der Waals surface area (Å²) in [6.07, 6.45) is 3.80. The first-order valence-electron chi connectivity index (χ1n) is 6.35. The van der Waals surface area contributed by atoms with Gasteiger partial charge in [0.1, 0.15) is 5.75 Å². The highest BCUT2D eigenvalue weighted by Crippen LogP contribution is 2.25. The highest BCUT2D eigenvalue weighted by Gasteiger charge is 2.10. The van der Waals surface area contributed by atoms with Crippen LogP contribution in [0.25, 0.3) is 6.08 Å². The van der Waals surface area contributed by atoms with Gasteiger partial charge >= 0.3 is 5.97 Å². The average Bonchev–Trinajstić information content (AvgIpc) is 2.45. The molecule has 0 aliphatic rings. The quantitative estimate of drug-likeness (QED) is 0.325. The van der Waals surface area contributed by atoms with Gasteiger partial charge in [-0.2, -0.15) is 0 Å². The van der Waals surface area contributed by atoms with Gasteiger partial charge in [-0.05, 0) is 25.0 Å². The molecule has 0 aliphatic carbocycles. The fourth-order valence-electron chi connectivity index (χ4n) is 1.60. The maximum atomic E-state index is 10.7. The second-order valence-corrected chi connectivity index (χ2v) is 4.20. The Kier molecular flexibility index (Phi) is 6.90. The smallest absolute Gasteiger partial charge is 0.328 e. The molecule has 0 spiro atoms. The van der Waals surface area contributed by atoms with Gasteiger partial charge in [0.2, 0.25) is 0 Å². The SMILES string of the molecule is COCCCCOc1ccc([N+](=O)[O-])cc1/C=C/C(=O)O. The third kappa shape index (κ3) is 6.05. The summed E-state index contributed by atoms with van der Waals surface area (Å²) < 4.78 is 10.4. The van der Waals surface area contributed by atoms with Gasteiger partial charge < -0.3 is 14.6 Å². The molecule has 7 heteroatoms. The van der Waals surface area contributed by atoms with Crippen molar-refractivity contribution in [3.8, 4) is 5.75 Å². The lowest BCUT2D eigenvalue weighted by Crippen LogP contribution is -2.01. The van der Waals surface area contributed by atoms with Crippen molar-refractivity contribution < 1.29 is 24.3 Å². The van der Waals surface area contributed by atoms with Crippen LogP contribution in [0.15, 0.2) is 24.3 Å². The van der Waals surface area contributed by atoms with Crippen LogP contribution in [0.2, 0.25) is 0 Å². The number of nitrogens with zero attached hydrogens (tertiary/aromatic N) is 1. The minimum Gasteiger partial charge on any atom is -0.493 e. The van der Waals surface area contributed by atoms with Crippen molar-refractivity contribution >= 4 is 17.7 Å². The van der Waals surface area contributed by atoms with Crippen LogP contribution in [0, 0.1) is 10.1 Å². The normalized spacial score (nSPS) is 10.7. The summed E-state index contributed by atoms with van der Waals surface area (Å²) in [6.45, 7) is 1.06. The lowest BCUT2D eigenvalue weighted by molar-refractivity contribution is -0.384. The van der Waals surface area contributed by atoms with Crippen LogP contribution in [-0.4, -0.2) is 36.3 Å². The van der Waals surface area contributed by atoms with Crippen LogP contribution < -0.4 is 4.74 Å². The Balaban J connectivity index is 2.80. The Hall–Kier alpha value is -2.41. The van der Waals surface area contributed by atoms with Crippen LogP contribution in [-0.2, 0) is 9.53 Å². The van der Waals surface area contributed by atoms with Crippen LogP contribution in [0.1, 0.15) is 18.4 Å². The molecule has 1 rings (SSSR count). The number of nitro groups is 1. The van der Waals surface area contributed by atoms with Gasteiger partial charge in [-0.15, -0.1) is 0 Å². The Morgan fingerprint density at radius 3 is 2.71 bits per heavy atom. The predicted octanol–water partition coefficient (Wildman–Crippen LogP) is 2.50. The maximum Gasteiger partial charge on any atom is 0.328 e. The second kappa shape index (κ2) is 8.70. The minimum atomic E-state index is -1.13. The summed E-state index contributed by atoms with van der Waals surface area (Å²) in [5, 5.41) is 19.4. The molecule has 0 heterocycles. The Bertz CT molecular complexity index is 526. The van der Waals surface area contributed by atoms with E-state index in [4.69, 9.17) is 14.6 Å². The molecule has 0 saturated carbocycles. The van der Waals surface area contributed by atoms with Crippen molar-refractivity contribution in [1.29, 1.82) is 0 Å². The van der Waals surface area contributed by atoms with Crippen LogP contribution in [0.5, 0.6) is 5.75 Å². The molecular formula is C14H17NO6. The second-order valence-electron chi connectivity index (χ2n) is 4.20. The van der Waals surface area contributed by atoms with Crippen molar-refractivity contribution in [3.05, 3.63) is 40.0 Å². The van der Waals surface area contributed by atoms with Crippen LogP contribution >= 0.6 is 0 Å². The maximum absolute atomic E-state index is 10.7. The number of hydrogen-bond donors (Lipinski definition) is 1. The number of carboxylic acid groups (broad SMARTS) is 1. The summed E-state index contributed by atoms with van der Waals surface area (Å²) in [5.74, 6) is -0.719. The number of ether oxygens (including phenoxy) is 2. The van der Waals surface area contributed by atoms with Crippen LogP contribution in [0.4, 0.5) is 5.69 Å². The van der Waals surface area contributed by atoms with E-state index in [2.05, 4.69) is 0 Å². The zero-order valence-electron chi connectivity index (χ0n) is 11.7. The third-order valence-electron chi connectivity index (χ3n) is 2.61. The summed E-state index contributed by atoms with van der Waals surface area (Å²) >= 11 is 0. The molecule has 0 atom stereocenters. The third-order valence-corrected chi connectivity index (χ3v) is 2.61. The van der Waals surface area contributed by atoms with Crippen molar-refractivity contribution in [2.24, 2.45) is 0 Å². The molecule has 0 radical (unpaired) electrons. The van der Waals surface area contributed by atoms with Gasteiger partial charge in [-0.25, -0.2) is 4.79 Å². The molecule has 1 aromatic carbocycles. The summed E-state index contributed by atoms with van der Waals surface area (Å²) in [4.78, 5) is 20.8. The topological polar surface area (TPSA) is 98.9 Å². The van der Waals surface area contributed by atoms with Crippen LogP contribution in [0.3, 0.4) is 0 Å². The number of nitro benzene ring substituents is 1. The van der Waals surface area contributed by atoms with Gasteiger partial charge in [-0.3, -0.25) is 10.1 Å². The number of non-ortho nitro benzene ring substituents is 1. The van der Waals surface area contributed by atoms with Crippen molar-refractivity contribution in [1.82, 2.24) is 0 Å². The number of methoxy groups -OCH3 is 1. The summed E-state index contributed by atoms with van der Waals surface area (Å²) in [6, 6.07) is 4.07. The van der Waals surface area contributed by atoms with Gasteiger partial charge in [0.15, 0.2) is 0 Å². The fraction of sp³-hybridized carbons (Fsp3) is 0.357. The first-order chi connectivity index (χ1) is 10.0. The fourth-order valence-corrected chi connectivity index (χ4v) is 1.60. The van der Waals surface area contributed by atoms with E-state index in [9.17, 15) is 14.9 Å². The zero-order chi connectivity index (χ0) is 15.7. The highest BCUT2D eigenvalue weighted by atomic mass is 16.6. The number of carbonyl (C=O) groups is 1. The first-order valence-corrected chi connectivity index (χ1v) is 6.35. The average molecular weight is 295 g/mol. The molecule has 0 fully saturated rings. The Morgan fingerprint density at radius 1 is 1.38 bits per heavy atom. The van der Waals surface area contributed by atoms with E-state index in [0.717, 1.165) is 18.9 Å². The molecule has 0 saturated heterocycles. The molecule has 1 aromatic rings. The Labute approximate surface area is 121 Å². The van der Waals surface area contributed by atoms with E-state index in [0.29, 0.717) is 24.5 Å². The molecular weight excluding hydrogens is 278 g/mol. The monoisotopic (exact) mass is 295 g/mol. The van der Waals surface area contributed by atoms with Gasteiger partial charge in [-0.1, -0.05) is 0 Å². The molecule has 0 aliphatic heterocycles. The molecule has 0 bridgehead atoms. The predicted molar refractivity (Wildman–Crippen MR) is 76.4 cm³/mol. The Morgan fingerprint density at radius 2 is 2.10 bits per heavy atom. The van der Waals surface area contributed by atoms with Gasteiger partial charge in [0, 0.05) is 37.5 Å². The number of hydrogen-bond acceptors (Lipinski definition) is 5. The van der Waals surface area contributed by atoms with Gasteiger partial charge in [0.25, 0.3) is 5.69 Å². The van der Waals surface area contributed by atoms with Crippen molar-refractivity contribution in [3.63, 3.8) is 0 Å². The molecule has 1 N–H and O–H groups in total. The lowest BCUT2D eigenvalue weighted by atomic mass is 10.1. The van der Waals surface area contributed by atoms with E-state index in [-0.39, 0.29) is 5.69 Å². The van der Waals surface area contributed by atoms with Crippen molar-refractivity contribution in [2.45, 2.75) is 12.8 Å². The molecule has 0 amide bonds. The summed E-state index contributed by atoms with van der Waals surface area (Å²) in [7, 11) is 1.62. The number of rotatable bonds is 9. The number of unbranched alkanes of at least 4 members (excludes halogenated alkanes) is 1. The summed E-state index contributed by atoms with van der Waals surface area (Å²) in [5.41, 5.74) is 0.241. The van der Waals surface area contributed by atoms with E-state index >= 15 is 0 Å². The minimum absolute atomic E-state index is 0.119. The molecule has 21 heavy (non-hydrogen) atoms. The molecule has 0 unspecified atom stereocenters. The highest BCUT2D eigenvalue weighted by molar-refractivity contribution is 5.86. The molecule has 0 aromatic heterocycles. The van der Waals surface area contributed by atoms with E-state index in [1.54, 1.807) is 7.11 Å². The standard InChI is InChI=1S/C14H17NO6/c1-20-8-2-3-9-21-13-6-5-12(15(18)19)10-11(13)4-7-14(16)17/h4-7,10H,2-3,8-9H2,1H3,(H,16,17)/b7-4+. The largest absolute Gasteiger partial charge is 0.493 e. The molecule has 114 valence electrons. The number of aliphatic carboxylic acids is 1. The van der Waals surface area contributed by atoms with E-state index in [1.807, 2.05) is 0 Å². The van der Waals surface area contributed by atoms with E-state index < -0.39 is 10.9 Å².